The molecule has 1 aromatic heterocycles. The van der Waals surface area contributed by atoms with E-state index >= 15 is 0 Å². The molecule has 210 valence electrons. The van der Waals surface area contributed by atoms with Crippen LogP contribution < -0.4 is 10.1 Å². The number of benzene rings is 3. The SMILES string of the molecule is O=C(NCCc1c[nH]c2ccccc12)[C@@H]1C[C@H](COc2cccc(C(F)(F)F)c2)CN(CCc2ccccc2)C1. The highest BCUT2D eigenvalue weighted by Gasteiger charge is 2.33. The van der Waals surface area contributed by atoms with Gasteiger partial charge < -0.3 is 19.9 Å². The maximum atomic E-state index is 13.3. The minimum absolute atomic E-state index is 0.00770. The van der Waals surface area contributed by atoms with Gasteiger partial charge in [0.05, 0.1) is 18.1 Å². The van der Waals surface area contributed by atoms with Crippen molar-refractivity contribution in [1.29, 1.82) is 0 Å². The summed E-state index contributed by atoms with van der Waals surface area (Å²) in [5, 5.41) is 4.28. The maximum absolute atomic E-state index is 13.3. The Kier molecular flexibility index (Phi) is 8.75. The van der Waals surface area contributed by atoms with Crippen LogP contribution in [0.3, 0.4) is 0 Å². The minimum atomic E-state index is -4.42. The van der Waals surface area contributed by atoms with Crippen LogP contribution in [0.2, 0.25) is 0 Å². The number of alkyl halides is 3. The number of aromatic nitrogens is 1. The zero-order valence-corrected chi connectivity index (χ0v) is 22.3. The van der Waals surface area contributed by atoms with E-state index in [4.69, 9.17) is 4.74 Å². The van der Waals surface area contributed by atoms with Crippen molar-refractivity contribution >= 4 is 16.8 Å². The monoisotopic (exact) mass is 549 g/mol. The molecule has 2 N–H and O–H groups in total. The molecule has 8 heteroatoms. The molecule has 1 fully saturated rings. The highest BCUT2D eigenvalue weighted by atomic mass is 19.4. The van der Waals surface area contributed by atoms with Crippen LogP contribution in [0.4, 0.5) is 13.2 Å². The van der Waals surface area contributed by atoms with E-state index in [9.17, 15) is 18.0 Å². The number of carbonyl (C=O) groups is 1. The number of para-hydroxylation sites is 1. The first kappa shape index (κ1) is 27.8. The molecule has 3 aromatic carbocycles. The molecule has 5 rings (SSSR count). The Morgan fingerprint density at radius 2 is 1.77 bits per heavy atom. The van der Waals surface area contributed by atoms with Crippen LogP contribution in [0.5, 0.6) is 5.75 Å². The molecule has 0 bridgehead atoms. The summed E-state index contributed by atoms with van der Waals surface area (Å²) < 4.78 is 45.2. The molecule has 1 saturated heterocycles. The van der Waals surface area contributed by atoms with Crippen molar-refractivity contribution in [3.05, 3.63) is 102 Å². The first-order valence-corrected chi connectivity index (χ1v) is 13.7. The van der Waals surface area contributed by atoms with Gasteiger partial charge in [-0.25, -0.2) is 0 Å². The third-order valence-corrected chi connectivity index (χ3v) is 7.56. The van der Waals surface area contributed by atoms with E-state index in [2.05, 4.69) is 33.4 Å². The third kappa shape index (κ3) is 7.24. The number of halogens is 3. The Morgan fingerprint density at radius 1 is 0.975 bits per heavy atom. The van der Waals surface area contributed by atoms with Gasteiger partial charge in [-0.1, -0.05) is 54.6 Å². The summed E-state index contributed by atoms with van der Waals surface area (Å²) >= 11 is 0. The molecular weight excluding hydrogens is 515 g/mol. The number of likely N-dealkylation sites (tertiary alicyclic amines) is 1. The van der Waals surface area contributed by atoms with E-state index in [0.717, 1.165) is 54.5 Å². The summed E-state index contributed by atoms with van der Waals surface area (Å²) in [4.78, 5) is 18.8. The number of ether oxygens (including phenoxy) is 1. The van der Waals surface area contributed by atoms with Crippen LogP contribution in [-0.2, 0) is 23.8 Å². The number of hydrogen-bond acceptors (Lipinski definition) is 3. The molecule has 0 aliphatic carbocycles. The largest absolute Gasteiger partial charge is 0.493 e. The number of fused-ring (bicyclic) bond motifs is 1. The molecule has 1 amide bonds. The average Bonchev–Trinajstić information content (AvgIpc) is 3.38. The predicted molar refractivity (Wildman–Crippen MR) is 150 cm³/mol. The number of nitrogens with zero attached hydrogens (tertiary/aromatic N) is 1. The number of rotatable bonds is 10. The van der Waals surface area contributed by atoms with Gasteiger partial charge in [-0.05, 0) is 54.7 Å². The first-order chi connectivity index (χ1) is 19.3. The number of amides is 1. The number of piperidine rings is 1. The molecule has 0 saturated carbocycles. The molecule has 40 heavy (non-hydrogen) atoms. The van der Waals surface area contributed by atoms with Crippen molar-refractivity contribution in [2.24, 2.45) is 11.8 Å². The number of nitrogens with one attached hydrogen (secondary N) is 2. The smallest absolute Gasteiger partial charge is 0.416 e. The quantitative estimate of drug-likeness (QED) is 0.251. The van der Waals surface area contributed by atoms with Gasteiger partial charge >= 0.3 is 6.18 Å². The van der Waals surface area contributed by atoms with Crippen LogP contribution >= 0.6 is 0 Å². The summed E-state index contributed by atoms with van der Waals surface area (Å²) in [7, 11) is 0. The fourth-order valence-corrected chi connectivity index (χ4v) is 5.51. The zero-order valence-electron chi connectivity index (χ0n) is 22.3. The molecule has 5 nitrogen and oxygen atoms in total. The molecule has 1 aliphatic rings. The predicted octanol–water partition coefficient (Wildman–Crippen LogP) is 6.11. The Balaban J connectivity index is 1.20. The molecule has 2 heterocycles. The molecule has 1 aliphatic heterocycles. The van der Waals surface area contributed by atoms with Gasteiger partial charge in [-0.3, -0.25) is 4.79 Å². The fourth-order valence-electron chi connectivity index (χ4n) is 5.51. The van der Waals surface area contributed by atoms with E-state index in [1.165, 1.54) is 11.6 Å². The number of hydrogen-bond donors (Lipinski definition) is 2. The second-order valence-corrected chi connectivity index (χ2v) is 10.5. The number of aromatic amines is 1. The molecule has 0 unspecified atom stereocenters. The standard InChI is InChI=1S/C32H34F3N3O2/c33-32(34,35)27-9-6-10-28(18-27)40-22-24-17-26(21-38(20-24)16-14-23-7-2-1-3-8-23)31(39)36-15-13-25-19-37-30-12-5-4-11-29(25)30/h1-12,18-19,24,26,37H,13-17,20-22H2,(H,36,39)/t24-,26+/m0/s1. The van der Waals surface area contributed by atoms with Crippen molar-refractivity contribution in [3.63, 3.8) is 0 Å². The van der Waals surface area contributed by atoms with Gasteiger partial charge in [-0.15, -0.1) is 0 Å². The van der Waals surface area contributed by atoms with Crippen LogP contribution in [0.1, 0.15) is 23.1 Å². The van der Waals surface area contributed by atoms with E-state index in [0.29, 0.717) is 19.5 Å². The highest BCUT2D eigenvalue weighted by Crippen LogP contribution is 2.32. The lowest BCUT2D eigenvalue weighted by atomic mass is 9.88. The second-order valence-electron chi connectivity index (χ2n) is 10.5. The summed E-state index contributed by atoms with van der Waals surface area (Å²) in [5.41, 5.74) is 2.74. The normalized spacial score (nSPS) is 18.1. The van der Waals surface area contributed by atoms with E-state index in [1.807, 2.05) is 42.6 Å². The van der Waals surface area contributed by atoms with Gasteiger partial charge in [0.1, 0.15) is 5.75 Å². The first-order valence-electron chi connectivity index (χ1n) is 13.7. The van der Waals surface area contributed by atoms with Crippen molar-refractivity contribution in [3.8, 4) is 5.75 Å². The second kappa shape index (κ2) is 12.6. The molecule has 0 radical (unpaired) electrons. The van der Waals surface area contributed by atoms with Crippen molar-refractivity contribution in [2.75, 3.05) is 32.8 Å². The maximum Gasteiger partial charge on any atom is 0.416 e. The lowest BCUT2D eigenvalue weighted by Gasteiger charge is -2.37. The highest BCUT2D eigenvalue weighted by molar-refractivity contribution is 5.83. The van der Waals surface area contributed by atoms with Crippen LogP contribution in [0, 0.1) is 11.8 Å². The summed E-state index contributed by atoms with van der Waals surface area (Å²) in [6.45, 7) is 2.95. The van der Waals surface area contributed by atoms with Crippen LogP contribution in [0.15, 0.2) is 85.1 Å². The number of carbonyl (C=O) groups excluding carboxylic acids is 1. The van der Waals surface area contributed by atoms with Gasteiger partial charge in [0.25, 0.3) is 0 Å². The van der Waals surface area contributed by atoms with Crippen molar-refractivity contribution in [2.45, 2.75) is 25.4 Å². The Bertz CT molecular complexity index is 1400. The Hall–Kier alpha value is -3.78. The lowest BCUT2D eigenvalue weighted by Crippen LogP contribution is -2.48. The summed E-state index contributed by atoms with van der Waals surface area (Å²) in [6.07, 6.45) is -0.225. The van der Waals surface area contributed by atoms with E-state index < -0.39 is 11.7 Å². The van der Waals surface area contributed by atoms with Gasteiger partial charge in [0.2, 0.25) is 5.91 Å². The summed E-state index contributed by atoms with van der Waals surface area (Å²) in [6, 6.07) is 23.3. The fraction of sp³-hybridized carbons (Fsp3) is 0.344. The summed E-state index contributed by atoms with van der Waals surface area (Å²) in [5.74, 6) is -0.00433. The molecular formula is C32H34F3N3O2. The van der Waals surface area contributed by atoms with E-state index in [1.54, 1.807) is 6.07 Å². The van der Waals surface area contributed by atoms with Crippen LogP contribution in [-0.4, -0.2) is 48.6 Å². The number of H-pyrrole nitrogens is 1. The zero-order chi connectivity index (χ0) is 28.0. The van der Waals surface area contributed by atoms with Gasteiger partial charge in [-0.2, -0.15) is 13.2 Å². The molecule has 2 atom stereocenters. The van der Waals surface area contributed by atoms with Gasteiger partial charge in [0.15, 0.2) is 0 Å². The topological polar surface area (TPSA) is 57.4 Å². The van der Waals surface area contributed by atoms with E-state index in [-0.39, 0.29) is 30.1 Å². The van der Waals surface area contributed by atoms with Crippen LogP contribution in [0.25, 0.3) is 10.9 Å². The van der Waals surface area contributed by atoms with Gasteiger partial charge in [0, 0.05) is 49.2 Å². The minimum Gasteiger partial charge on any atom is -0.493 e. The Morgan fingerprint density at radius 3 is 2.60 bits per heavy atom. The molecule has 4 aromatic rings. The molecule has 0 spiro atoms. The average molecular weight is 550 g/mol. The third-order valence-electron chi connectivity index (χ3n) is 7.56. The lowest BCUT2D eigenvalue weighted by molar-refractivity contribution is -0.137. The van der Waals surface area contributed by atoms with Crippen molar-refractivity contribution < 1.29 is 22.7 Å². The Labute approximate surface area is 232 Å². The van der Waals surface area contributed by atoms with Crippen molar-refractivity contribution in [1.82, 2.24) is 15.2 Å².